The van der Waals surface area contributed by atoms with Crippen LogP contribution in [0.1, 0.15) is 24.3 Å². The number of rotatable bonds is 6. The predicted octanol–water partition coefficient (Wildman–Crippen LogP) is 1.88. The van der Waals surface area contributed by atoms with E-state index >= 15 is 0 Å². The van der Waals surface area contributed by atoms with Gasteiger partial charge in [-0.25, -0.2) is 15.0 Å². The number of hydrogen-bond donors (Lipinski definition) is 0. The summed E-state index contributed by atoms with van der Waals surface area (Å²) in [5.41, 5.74) is 0.397. The standard InChI is InChI=1S/C19H25N5O3/c1-14(2)12-27-18-11-16(20-13-21-18)23-7-9-24(10-8-23)19(25)15-5-4-6-17(22-15)26-3/h4-6,11,13-14H,7-10,12H2,1-3H3. The molecule has 1 aliphatic heterocycles. The summed E-state index contributed by atoms with van der Waals surface area (Å²) in [7, 11) is 1.54. The van der Waals surface area contributed by atoms with E-state index < -0.39 is 0 Å². The Bertz CT molecular complexity index is 775. The van der Waals surface area contributed by atoms with Crippen LogP contribution in [0.4, 0.5) is 5.82 Å². The molecule has 0 spiro atoms. The van der Waals surface area contributed by atoms with E-state index in [-0.39, 0.29) is 5.91 Å². The number of carbonyl (C=O) groups excluding carboxylic acids is 1. The number of amides is 1. The summed E-state index contributed by atoms with van der Waals surface area (Å²) in [6.07, 6.45) is 1.52. The van der Waals surface area contributed by atoms with Crippen molar-refractivity contribution in [3.8, 4) is 11.8 Å². The van der Waals surface area contributed by atoms with Crippen molar-refractivity contribution < 1.29 is 14.3 Å². The maximum atomic E-state index is 12.7. The first-order chi connectivity index (χ1) is 13.1. The average molecular weight is 371 g/mol. The Morgan fingerprint density at radius 3 is 2.63 bits per heavy atom. The number of hydrogen-bond acceptors (Lipinski definition) is 7. The van der Waals surface area contributed by atoms with Gasteiger partial charge in [0.2, 0.25) is 11.8 Å². The van der Waals surface area contributed by atoms with Crippen molar-refractivity contribution in [3.05, 3.63) is 36.3 Å². The zero-order valence-corrected chi connectivity index (χ0v) is 16.0. The second kappa shape index (κ2) is 8.66. The molecule has 0 N–H and O–H groups in total. The lowest BCUT2D eigenvalue weighted by Gasteiger charge is -2.35. The molecule has 1 saturated heterocycles. The first kappa shape index (κ1) is 18.9. The molecule has 0 saturated carbocycles. The zero-order chi connectivity index (χ0) is 19.2. The number of piperazine rings is 1. The SMILES string of the molecule is COc1cccc(C(=O)N2CCN(c3cc(OCC(C)C)ncn3)CC2)n1. The van der Waals surface area contributed by atoms with Gasteiger partial charge in [-0.05, 0) is 12.0 Å². The Morgan fingerprint density at radius 1 is 1.15 bits per heavy atom. The Balaban J connectivity index is 1.60. The topological polar surface area (TPSA) is 80.7 Å². The monoisotopic (exact) mass is 371 g/mol. The van der Waals surface area contributed by atoms with E-state index in [1.165, 1.54) is 13.4 Å². The van der Waals surface area contributed by atoms with Gasteiger partial charge in [0.15, 0.2) is 0 Å². The van der Waals surface area contributed by atoms with Gasteiger partial charge < -0.3 is 19.3 Å². The normalized spacial score (nSPS) is 14.4. The molecule has 3 heterocycles. The highest BCUT2D eigenvalue weighted by atomic mass is 16.5. The first-order valence-electron chi connectivity index (χ1n) is 9.07. The Labute approximate surface area is 159 Å². The third-order valence-electron chi connectivity index (χ3n) is 4.23. The number of anilines is 1. The number of pyridine rings is 1. The second-order valence-electron chi connectivity index (χ2n) is 6.76. The largest absolute Gasteiger partial charge is 0.481 e. The van der Waals surface area contributed by atoms with Gasteiger partial charge >= 0.3 is 0 Å². The van der Waals surface area contributed by atoms with Crippen LogP contribution in [-0.4, -0.2) is 65.7 Å². The summed E-state index contributed by atoms with van der Waals surface area (Å²) >= 11 is 0. The van der Waals surface area contributed by atoms with Gasteiger partial charge in [0.05, 0.1) is 13.7 Å². The molecule has 144 valence electrons. The van der Waals surface area contributed by atoms with Gasteiger partial charge in [-0.15, -0.1) is 0 Å². The summed E-state index contributed by atoms with van der Waals surface area (Å²) in [5.74, 6) is 2.18. The van der Waals surface area contributed by atoms with Crippen molar-refractivity contribution >= 4 is 11.7 Å². The van der Waals surface area contributed by atoms with Crippen LogP contribution < -0.4 is 14.4 Å². The molecule has 1 amide bonds. The van der Waals surface area contributed by atoms with Gasteiger partial charge in [0.1, 0.15) is 17.8 Å². The Kier molecular flexibility index (Phi) is 6.05. The molecule has 2 aromatic heterocycles. The number of carbonyl (C=O) groups is 1. The van der Waals surface area contributed by atoms with Crippen LogP contribution in [-0.2, 0) is 0 Å². The zero-order valence-electron chi connectivity index (χ0n) is 16.0. The van der Waals surface area contributed by atoms with E-state index in [0.717, 1.165) is 5.82 Å². The number of nitrogens with zero attached hydrogens (tertiary/aromatic N) is 5. The summed E-state index contributed by atoms with van der Waals surface area (Å²) in [6, 6.07) is 7.06. The molecule has 0 aliphatic carbocycles. The van der Waals surface area contributed by atoms with Gasteiger partial charge in [0.25, 0.3) is 5.91 Å². The summed E-state index contributed by atoms with van der Waals surface area (Å²) in [6.45, 7) is 7.39. The van der Waals surface area contributed by atoms with Crippen LogP contribution in [0, 0.1) is 5.92 Å². The van der Waals surface area contributed by atoms with E-state index in [1.807, 2.05) is 6.07 Å². The minimum absolute atomic E-state index is 0.0859. The van der Waals surface area contributed by atoms with E-state index in [0.29, 0.717) is 56.2 Å². The molecule has 0 unspecified atom stereocenters. The molecule has 3 rings (SSSR count). The molecule has 8 nitrogen and oxygen atoms in total. The summed E-state index contributed by atoms with van der Waals surface area (Å²) in [4.78, 5) is 29.3. The van der Waals surface area contributed by atoms with Gasteiger partial charge in [-0.2, -0.15) is 0 Å². The molecule has 8 heteroatoms. The number of aromatic nitrogens is 3. The van der Waals surface area contributed by atoms with Crippen molar-refractivity contribution in [3.63, 3.8) is 0 Å². The molecule has 1 aliphatic rings. The number of methoxy groups -OCH3 is 1. The summed E-state index contributed by atoms with van der Waals surface area (Å²) < 4.78 is 10.8. The third-order valence-corrected chi connectivity index (χ3v) is 4.23. The smallest absolute Gasteiger partial charge is 0.272 e. The molecule has 0 aromatic carbocycles. The van der Waals surface area contributed by atoms with E-state index in [4.69, 9.17) is 9.47 Å². The minimum atomic E-state index is -0.0859. The van der Waals surface area contributed by atoms with Crippen LogP contribution >= 0.6 is 0 Å². The summed E-state index contributed by atoms with van der Waals surface area (Å²) in [5, 5.41) is 0. The Hall–Kier alpha value is -2.90. The highest BCUT2D eigenvalue weighted by Gasteiger charge is 2.24. The van der Waals surface area contributed by atoms with E-state index in [9.17, 15) is 4.79 Å². The van der Waals surface area contributed by atoms with Crippen LogP contribution in [0.15, 0.2) is 30.6 Å². The fourth-order valence-corrected chi connectivity index (χ4v) is 2.78. The van der Waals surface area contributed by atoms with Crippen LogP contribution in [0.2, 0.25) is 0 Å². The number of ether oxygens (including phenoxy) is 2. The molecular formula is C19H25N5O3. The van der Waals surface area contributed by atoms with Crippen molar-refractivity contribution in [1.29, 1.82) is 0 Å². The fraction of sp³-hybridized carbons (Fsp3) is 0.474. The predicted molar refractivity (Wildman–Crippen MR) is 101 cm³/mol. The Morgan fingerprint density at radius 2 is 1.93 bits per heavy atom. The van der Waals surface area contributed by atoms with Crippen molar-refractivity contribution in [2.75, 3.05) is 44.8 Å². The van der Waals surface area contributed by atoms with Crippen LogP contribution in [0.5, 0.6) is 11.8 Å². The van der Waals surface area contributed by atoms with Crippen LogP contribution in [0.25, 0.3) is 0 Å². The highest BCUT2D eigenvalue weighted by Crippen LogP contribution is 2.19. The van der Waals surface area contributed by atoms with Crippen molar-refractivity contribution in [2.24, 2.45) is 5.92 Å². The maximum absolute atomic E-state index is 12.7. The molecule has 2 aromatic rings. The van der Waals surface area contributed by atoms with Gasteiger partial charge in [0, 0.05) is 38.3 Å². The van der Waals surface area contributed by atoms with Gasteiger partial charge in [-0.3, -0.25) is 4.79 Å². The second-order valence-corrected chi connectivity index (χ2v) is 6.76. The minimum Gasteiger partial charge on any atom is -0.481 e. The third kappa shape index (κ3) is 4.84. The lowest BCUT2D eigenvalue weighted by Crippen LogP contribution is -2.49. The molecule has 27 heavy (non-hydrogen) atoms. The lowest BCUT2D eigenvalue weighted by atomic mass is 10.2. The van der Waals surface area contributed by atoms with Gasteiger partial charge in [-0.1, -0.05) is 19.9 Å². The van der Waals surface area contributed by atoms with Crippen molar-refractivity contribution in [1.82, 2.24) is 19.9 Å². The molecular weight excluding hydrogens is 346 g/mol. The average Bonchev–Trinajstić information content (AvgIpc) is 2.72. The molecule has 0 atom stereocenters. The van der Waals surface area contributed by atoms with Crippen molar-refractivity contribution in [2.45, 2.75) is 13.8 Å². The quantitative estimate of drug-likeness (QED) is 0.767. The highest BCUT2D eigenvalue weighted by molar-refractivity contribution is 5.92. The molecule has 1 fully saturated rings. The first-order valence-corrected chi connectivity index (χ1v) is 9.07. The van der Waals surface area contributed by atoms with Crippen LogP contribution in [0.3, 0.4) is 0 Å². The molecule has 0 radical (unpaired) electrons. The van der Waals surface area contributed by atoms with E-state index in [1.54, 1.807) is 23.1 Å². The fourth-order valence-electron chi connectivity index (χ4n) is 2.78. The maximum Gasteiger partial charge on any atom is 0.272 e. The molecule has 0 bridgehead atoms. The lowest BCUT2D eigenvalue weighted by molar-refractivity contribution is 0.0739. The van der Waals surface area contributed by atoms with E-state index in [2.05, 4.69) is 33.7 Å².